The largest absolute Gasteiger partial charge is 0.379 e. The number of hydrogen-bond acceptors (Lipinski definition) is 7. The van der Waals surface area contributed by atoms with Gasteiger partial charge in [0.2, 0.25) is 10.0 Å². The molecule has 0 unspecified atom stereocenters. The normalized spacial score (nSPS) is 16.8. The molecule has 0 N–H and O–H groups in total. The fourth-order valence-corrected chi connectivity index (χ4v) is 6.77. The van der Waals surface area contributed by atoms with E-state index in [2.05, 4.69) is 14.5 Å². The summed E-state index contributed by atoms with van der Waals surface area (Å²) >= 11 is 5.94. The lowest BCUT2D eigenvalue weighted by molar-refractivity contribution is -0.384. The molecule has 0 aliphatic carbocycles. The first-order valence-corrected chi connectivity index (χ1v) is 14.6. The van der Waals surface area contributed by atoms with Gasteiger partial charge in [-0.2, -0.15) is 4.31 Å². The molecule has 0 radical (unpaired) electrons. The minimum Gasteiger partial charge on any atom is -0.379 e. The molecule has 2 saturated heterocycles. The maximum Gasteiger partial charge on any atom is 0.290 e. The van der Waals surface area contributed by atoms with E-state index in [1.165, 1.54) is 16.4 Å². The van der Waals surface area contributed by atoms with Gasteiger partial charge in [-0.05, 0) is 63.1 Å². The zero-order valence-electron chi connectivity index (χ0n) is 21.8. The molecule has 39 heavy (non-hydrogen) atoms. The van der Waals surface area contributed by atoms with Crippen molar-refractivity contribution in [2.45, 2.75) is 31.6 Å². The van der Waals surface area contributed by atoms with Crippen LogP contribution in [0.5, 0.6) is 0 Å². The summed E-state index contributed by atoms with van der Waals surface area (Å²) in [6.07, 6.45) is 3.83. The van der Waals surface area contributed by atoms with Crippen molar-refractivity contribution in [3.8, 4) is 5.69 Å². The molecule has 5 rings (SSSR count). The molecule has 2 aliphatic heterocycles. The maximum absolute atomic E-state index is 13.5. The van der Waals surface area contributed by atoms with Crippen LogP contribution in [0.25, 0.3) is 5.69 Å². The van der Waals surface area contributed by atoms with Crippen LogP contribution < -0.4 is 4.90 Å². The van der Waals surface area contributed by atoms with E-state index in [1.54, 1.807) is 24.4 Å². The zero-order valence-corrected chi connectivity index (χ0v) is 23.4. The highest BCUT2D eigenvalue weighted by atomic mass is 35.5. The second-order valence-electron chi connectivity index (χ2n) is 9.67. The van der Waals surface area contributed by atoms with Crippen LogP contribution in [0.3, 0.4) is 0 Å². The molecule has 0 saturated carbocycles. The van der Waals surface area contributed by atoms with Gasteiger partial charge in [0.05, 0.1) is 40.1 Å². The van der Waals surface area contributed by atoms with Crippen molar-refractivity contribution in [2.75, 3.05) is 44.3 Å². The van der Waals surface area contributed by atoms with Gasteiger partial charge in [0, 0.05) is 55.4 Å². The third-order valence-corrected chi connectivity index (χ3v) is 9.41. The number of nitro groups is 1. The molecule has 10 nitrogen and oxygen atoms in total. The predicted octanol–water partition coefficient (Wildman–Crippen LogP) is 5.03. The lowest BCUT2D eigenvalue weighted by Gasteiger charge is -2.28. The van der Waals surface area contributed by atoms with Gasteiger partial charge in [0.25, 0.3) is 5.69 Å². The first-order chi connectivity index (χ1) is 18.7. The second-order valence-corrected chi connectivity index (χ2v) is 12.0. The highest BCUT2D eigenvalue weighted by Gasteiger charge is 2.29. The Morgan fingerprint density at radius 2 is 1.72 bits per heavy atom. The Labute approximate surface area is 232 Å². The van der Waals surface area contributed by atoms with Crippen molar-refractivity contribution in [3.63, 3.8) is 0 Å². The van der Waals surface area contributed by atoms with Gasteiger partial charge in [0.1, 0.15) is 5.02 Å². The Bertz CT molecular complexity index is 1540. The van der Waals surface area contributed by atoms with E-state index in [4.69, 9.17) is 16.3 Å². The van der Waals surface area contributed by atoms with Gasteiger partial charge < -0.3 is 14.2 Å². The summed E-state index contributed by atoms with van der Waals surface area (Å²) in [4.78, 5) is 17.7. The zero-order chi connectivity index (χ0) is 27.7. The monoisotopic (exact) mass is 571 g/mol. The van der Waals surface area contributed by atoms with E-state index in [9.17, 15) is 18.5 Å². The second kappa shape index (κ2) is 11.1. The summed E-state index contributed by atoms with van der Waals surface area (Å²) < 4.78 is 35.9. The van der Waals surface area contributed by atoms with Crippen molar-refractivity contribution < 1.29 is 18.1 Å². The molecule has 2 fully saturated rings. The number of ether oxygens (including phenoxy) is 1. The van der Waals surface area contributed by atoms with E-state index in [-0.39, 0.29) is 15.6 Å². The average molecular weight is 572 g/mol. The van der Waals surface area contributed by atoms with Crippen molar-refractivity contribution in [1.82, 2.24) is 8.87 Å². The Hall–Kier alpha value is -3.25. The Morgan fingerprint density at radius 3 is 2.41 bits per heavy atom. The number of nitro benzene ring substituents is 1. The molecule has 2 aromatic carbocycles. The lowest BCUT2D eigenvalue weighted by atomic mass is 10.2. The van der Waals surface area contributed by atoms with Crippen LogP contribution in [0.2, 0.25) is 5.02 Å². The molecule has 206 valence electrons. The molecule has 12 heteroatoms. The van der Waals surface area contributed by atoms with Gasteiger partial charge in [0.15, 0.2) is 0 Å². The Morgan fingerprint density at radius 1 is 1.00 bits per heavy atom. The van der Waals surface area contributed by atoms with Crippen molar-refractivity contribution >= 4 is 44.9 Å². The minimum absolute atomic E-state index is 0.0542. The summed E-state index contributed by atoms with van der Waals surface area (Å²) in [7, 11) is -3.68. The SMILES string of the molecule is Cc1cc(C=Nc2ccc(Cl)c([N+](=O)[O-])c2)c(C)n1-c1cc(S(=O)(=O)N2CCOCC2)ccc1N1CCCC1. The number of rotatable bonds is 7. The van der Waals surface area contributed by atoms with Crippen molar-refractivity contribution in [1.29, 1.82) is 0 Å². The smallest absolute Gasteiger partial charge is 0.290 e. The number of aliphatic imine (C=N–C) groups is 1. The van der Waals surface area contributed by atoms with E-state index >= 15 is 0 Å². The standard InChI is InChI=1S/C27H30ClN5O5S/c1-19-15-21(18-29-22-5-7-24(28)26(16-22)33(34)35)20(2)32(19)27-17-23(6-8-25(27)30-9-3-4-10-30)39(36,37)31-11-13-38-14-12-31/h5-8,15-18H,3-4,9-14H2,1-2H3. The highest BCUT2D eigenvalue weighted by molar-refractivity contribution is 7.89. The number of sulfonamides is 1. The first kappa shape index (κ1) is 27.3. The molecule has 3 heterocycles. The molecule has 0 bridgehead atoms. The number of morpholine rings is 1. The summed E-state index contributed by atoms with van der Waals surface area (Å²) in [5, 5.41) is 11.3. The summed E-state index contributed by atoms with van der Waals surface area (Å²) in [6.45, 7) is 7.16. The van der Waals surface area contributed by atoms with Crippen molar-refractivity contribution in [2.24, 2.45) is 4.99 Å². The first-order valence-electron chi connectivity index (χ1n) is 12.8. The van der Waals surface area contributed by atoms with Crippen LogP contribution in [0.15, 0.2) is 52.4 Å². The number of halogens is 1. The molecule has 0 spiro atoms. The molecule has 3 aromatic rings. The molecular formula is C27H30ClN5O5S. The van der Waals surface area contributed by atoms with Gasteiger partial charge in [-0.15, -0.1) is 0 Å². The number of anilines is 1. The van der Waals surface area contributed by atoms with Gasteiger partial charge in [-0.1, -0.05) is 11.6 Å². The summed E-state index contributed by atoms with van der Waals surface area (Å²) in [6, 6.07) is 11.8. The van der Waals surface area contributed by atoms with Gasteiger partial charge in [-0.3, -0.25) is 15.1 Å². The van der Waals surface area contributed by atoms with E-state index < -0.39 is 14.9 Å². The van der Waals surface area contributed by atoms with Crippen LogP contribution in [-0.4, -0.2) is 67.8 Å². The Balaban J connectivity index is 1.56. The predicted molar refractivity (Wildman–Crippen MR) is 152 cm³/mol. The molecule has 0 amide bonds. The highest BCUT2D eigenvalue weighted by Crippen LogP contribution is 2.34. The number of aromatic nitrogens is 1. The van der Waals surface area contributed by atoms with E-state index in [0.717, 1.165) is 54.3 Å². The van der Waals surface area contributed by atoms with E-state index in [0.29, 0.717) is 32.0 Å². The topological polar surface area (TPSA) is 110 Å². The number of hydrogen-bond donors (Lipinski definition) is 0. The van der Waals surface area contributed by atoms with Crippen LogP contribution in [0.1, 0.15) is 29.8 Å². The van der Waals surface area contributed by atoms with Crippen LogP contribution in [-0.2, 0) is 14.8 Å². The molecule has 0 atom stereocenters. The summed E-state index contributed by atoms with van der Waals surface area (Å²) in [5.41, 5.74) is 4.59. The fourth-order valence-electron chi connectivity index (χ4n) is 5.16. The minimum atomic E-state index is -3.68. The Kier molecular flexibility index (Phi) is 7.77. The van der Waals surface area contributed by atoms with Crippen LogP contribution >= 0.6 is 11.6 Å². The molecule has 2 aliphatic rings. The maximum atomic E-state index is 13.5. The van der Waals surface area contributed by atoms with Crippen LogP contribution in [0, 0.1) is 24.0 Å². The average Bonchev–Trinajstić information content (AvgIpc) is 3.56. The van der Waals surface area contributed by atoms with Crippen molar-refractivity contribution in [3.05, 3.63) is 74.6 Å². The van der Waals surface area contributed by atoms with E-state index in [1.807, 2.05) is 26.0 Å². The lowest BCUT2D eigenvalue weighted by Crippen LogP contribution is -2.40. The third-order valence-electron chi connectivity index (χ3n) is 7.19. The molecule has 1 aromatic heterocycles. The van der Waals surface area contributed by atoms with Gasteiger partial charge >= 0.3 is 0 Å². The third kappa shape index (κ3) is 5.44. The molecular weight excluding hydrogens is 542 g/mol. The van der Waals surface area contributed by atoms with Crippen LogP contribution in [0.4, 0.5) is 17.1 Å². The number of nitrogens with zero attached hydrogens (tertiary/aromatic N) is 5. The number of aryl methyl sites for hydroxylation is 1. The fraction of sp³-hybridized carbons (Fsp3) is 0.370. The number of benzene rings is 2. The quantitative estimate of drug-likeness (QED) is 0.223. The summed E-state index contributed by atoms with van der Waals surface area (Å²) in [5.74, 6) is 0. The van der Waals surface area contributed by atoms with Gasteiger partial charge in [-0.25, -0.2) is 8.42 Å².